The van der Waals surface area contributed by atoms with E-state index in [1.807, 2.05) is 97.1 Å². The molecule has 0 aliphatic heterocycles. The van der Waals surface area contributed by atoms with Crippen molar-refractivity contribution in [2.75, 3.05) is 0 Å². The summed E-state index contributed by atoms with van der Waals surface area (Å²) in [5.74, 6) is -3.23. The summed E-state index contributed by atoms with van der Waals surface area (Å²) >= 11 is 4.79. The summed E-state index contributed by atoms with van der Waals surface area (Å²) in [6.45, 7) is 15.0. The van der Waals surface area contributed by atoms with E-state index in [1.165, 1.54) is 23.5 Å². The summed E-state index contributed by atoms with van der Waals surface area (Å²) in [6, 6.07) is 64.5. The van der Waals surface area contributed by atoms with Crippen molar-refractivity contribution < 1.29 is 47.7 Å². The lowest BCUT2D eigenvalue weighted by atomic mass is 9.84. The molecule has 10 nitrogen and oxygen atoms in total. The maximum absolute atomic E-state index is 16.5. The van der Waals surface area contributed by atoms with Crippen LogP contribution in [0.5, 0.6) is 0 Å². The van der Waals surface area contributed by atoms with Crippen LogP contribution in [-0.2, 0) is 45.4 Å². The van der Waals surface area contributed by atoms with Gasteiger partial charge in [-0.05, 0) is 118 Å². The summed E-state index contributed by atoms with van der Waals surface area (Å²) in [5.41, 5.74) is 7.95. The van der Waals surface area contributed by atoms with Gasteiger partial charge in [-0.25, -0.2) is 19.2 Å². The number of ketones is 2. The van der Waals surface area contributed by atoms with E-state index in [2.05, 4.69) is 26.3 Å². The predicted octanol–water partition coefficient (Wildman–Crippen LogP) is 19.1. The van der Waals surface area contributed by atoms with Crippen molar-refractivity contribution in [3.8, 4) is 0 Å². The topological polar surface area (TPSA) is 139 Å². The Morgan fingerprint density at radius 3 is 0.891 bits per heavy atom. The molecule has 11 rings (SSSR count). The molecule has 0 N–H and O–H groups in total. The first-order valence-corrected chi connectivity index (χ1v) is 32.2. The summed E-state index contributed by atoms with van der Waals surface area (Å²) in [7, 11) is 0. The monoisotopic (exact) mass is 1280 g/mol. The maximum Gasteiger partial charge on any atom is 0.339 e. The number of hydrogen-bond acceptors (Lipinski definition) is 14. The van der Waals surface area contributed by atoms with Crippen LogP contribution in [0.2, 0.25) is 0 Å². The third-order valence-corrected chi connectivity index (χ3v) is 19.5. The van der Waals surface area contributed by atoms with E-state index < -0.39 is 35.4 Å². The molecule has 0 radical (unpaired) electrons. The molecule has 1 aliphatic rings. The Balaban J connectivity index is 1.01. The zero-order valence-corrected chi connectivity index (χ0v) is 52.7. The smallest absolute Gasteiger partial charge is 0.339 e. The lowest BCUT2D eigenvalue weighted by Gasteiger charge is -2.26. The fourth-order valence-corrected chi connectivity index (χ4v) is 14.2. The van der Waals surface area contributed by atoms with Gasteiger partial charge in [-0.1, -0.05) is 231 Å². The summed E-state index contributed by atoms with van der Waals surface area (Å²) < 4.78 is 23.6. The number of ether oxygens (including phenoxy) is 4. The number of rotatable bonds is 24. The van der Waals surface area contributed by atoms with Gasteiger partial charge in [0.05, 0.1) is 22.3 Å². The van der Waals surface area contributed by atoms with Crippen LogP contribution < -0.4 is 0 Å². The normalized spacial score (nSPS) is 11.3. The molecule has 0 spiro atoms. The van der Waals surface area contributed by atoms with E-state index in [0.717, 1.165) is 56.9 Å². The van der Waals surface area contributed by atoms with E-state index in [0.29, 0.717) is 61.4 Å². The van der Waals surface area contributed by atoms with Crippen molar-refractivity contribution in [1.82, 2.24) is 0 Å². The molecule has 0 bridgehead atoms. The van der Waals surface area contributed by atoms with Gasteiger partial charge in [0.15, 0.2) is 11.6 Å². The highest BCUT2D eigenvalue weighted by Crippen LogP contribution is 2.49. The van der Waals surface area contributed by atoms with E-state index in [1.54, 1.807) is 146 Å². The van der Waals surface area contributed by atoms with Crippen LogP contribution >= 0.6 is 47.0 Å². The second-order valence-corrected chi connectivity index (χ2v) is 25.1. The first-order chi connectivity index (χ1) is 44.9. The summed E-state index contributed by atoms with van der Waals surface area (Å²) in [6.07, 6.45) is 6.83. The van der Waals surface area contributed by atoms with Gasteiger partial charge in [0, 0.05) is 72.5 Å². The molecule has 0 heterocycles. The quantitative estimate of drug-likeness (QED) is 0.0419. The highest BCUT2D eigenvalue weighted by molar-refractivity contribution is 8.00. The van der Waals surface area contributed by atoms with Crippen LogP contribution in [-0.4, -0.2) is 35.4 Å². The molecular weight excluding hydrogens is 1230 g/mol. The minimum atomic E-state index is -0.596. The third kappa shape index (κ3) is 14.7. The van der Waals surface area contributed by atoms with E-state index >= 15 is 9.59 Å². The number of carbonyl (C=O) groups is 6. The second kappa shape index (κ2) is 29.6. The Bertz CT molecular complexity index is 4250. The van der Waals surface area contributed by atoms with Gasteiger partial charge in [-0.2, -0.15) is 0 Å². The molecule has 0 unspecified atom stereocenters. The zero-order chi connectivity index (χ0) is 64.1. The Morgan fingerprint density at radius 1 is 0.293 bits per heavy atom. The van der Waals surface area contributed by atoms with Crippen molar-refractivity contribution in [2.45, 2.75) is 65.6 Å². The second-order valence-electron chi connectivity index (χ2n) is 20.7. The molecule has 452 valence electrons. The van der Waals surface area contributed by atoms with Gasteiger partial charge in [0.1, 0.15) is 26.4 Å². The fraction of sp³-hybridized carbons (Fsp3) is 0.0513. The molecule has 0 aromatic heterocycles. The molecule has 92 heavy (non-hydrogen) atoms. The van der Waals surface area contributed by atoms with Crippen LogP contribution in [0.3, 0.4) is 0 Å². The number of carbonyl (C=O) groups excluding carboxylic acids is 6. The molecule has 0 amide bonds. The standard InChI is InChI=1S/C78H56O10S4/c1-5-49-25-29-53(30-26-49)45-85-77(83)59-19-11-15-23-63(59)91-67-43-41-65(89-61-21-13-9-17-57(61)47-87-75(81)55-37-33-51(7-3)34-38-55)69-71(67)74(80)72-68(92-64-24-16-12-20-60(64)78(84)86-46-54-31-27-50(6-2)28-32-54)44-42-66(70(72)73(69)79)90-62-22-14-10-18-58(62)48-88-76(82)56-39-35-52(8-4)36-40-56/h5-44H,1-4,45-48H2. The minimum absolute atomic E-state index is 0.00416. The molecule has 0 saturated heterocycles. The molecule has 0 saturated carbocycles. The Morgan fingerprint density at radius 2 is 0.565 bits per heavy atom. The lowest BCUT2D eigenvalue weighted by Crippen LogP contribution is -2.24. The van der Waals surface area contributed by atoms with E-state index in [-0.39, 0.29) is 59.8 Å². The molecular formula is C78H56O10S4. The Hall–Kier alpha value is -10.2. The van der Waals surface area contributed by atoms with Crippen LogP contribution in [0.4, 0.5) is 0 Å². The molecule has 0 atom stereocenters. The molecule has 1 aliphatic carbocycles. The van der Waals surface area contributed by atoms with Gasteiger partial charge in [-0.3, -0.25) is 9.59 Å². The minimum Gasteiger partial charge on any atom is -0.457 e. The highest BCUT2D eigenvalue weighted by Gasteiger charge is 2.39. The number of esters is 4. The lowest BCUT2D eigenvalue weighted by molar-refractivity contribution is 0.0460. The average Bonchev–Trinajstić information content (AvgIpc) is 0.732. The van der Waals surface area contributed by atoms with Gasteiger partial charge in [-0.15, -0.1) is 0 Å². The van der Waals surface area contributed by atoms with Crippen molar-refractivity contribution in [3.05, 3.63) is 334 Å². The summed E-state index contributed by atoms with van der Waals surface area (Å²) in [5, 5.41) is 0. The number of fused-ring (bicyclic) bond motifs is 2. The van der Waals surface area contributed by atoms with Crippen molar-refractivity contribution >= 4 is 107 Å². The zero-order valence-electron chi connectivity index (χ0n) is 49.5. The SMILES string of the molecule is C=Cc1ccc(COC(=O)c2ccccc2Sc2ccc(Sc3ccccc3COC(=O)c3ccc(C=C)cc3)c3c2C(=O)c2c(Sc4ccccc4C(=O)OCc4ccc(C=C)cc4)ccc(Sc4ccccc4COC(=O)c4ccc(C=C)cc4)c2C3=O)cc1. The van der Waals surface area contributed by atoms with Crippen molar-refractivity contribution in [3.63, 3.8) is 0 Å². The maximum atomic E-state index is 16.5. The van der Waals surface area contributed by atoms with Crippen LogP contribution in [0, 0.1) is 0 Å². The van der Waals surface area contributed by atoms with Gasteiger partial charge in [0.2, 0.25) is 0 Å². The Kier molecular flexibility index (Phi) is 20.4. The Labute approximate surface area is 550 Å². The average molecular weight is 1280 g/mol. The van der Waals surface area contributed by atoms with E-state index in [4.69, 9.17) is 18.9 Å². The first-order valence-electron chi connectivity index (χ1n) is 28.9. The molecule has 0 fully saturated rings. The van der Waals surface area contributed by atoms with Gasteiger partial charge in [0.25, 0.3) is 0 Å². The van der Waals surface area contributed by atoms with Gasteiger partial charge < -0.3 is 18.9 Å². The predicted molar refractivity (Wildman–Crippen MR) is 365 cm³/mol. The van der Waals surface area contributed by atoms with E-state index in [9.17, 15) is 19.2 Å². The third-order valence-electron chi connectivity index (χ3n) is 14.9. The fourth-order valence-electron chi connectivity index (χ4n) is 9.91. The van der Waals surface area contributed by atoms with Crippen molar-refractivity contribution in [2.24, 2.45) is 0 Å². The van der Waals surface area contributed by atoms with Crippen LogP contribution in [0.1, 0.15) is 118 Å². The van der Waals surface area contributed by atoms with Crippen LogP contribution in [0.25, 0.3) is 24.3 Å². The van der Waals surface area contributed by atoms with Crippen LogP contribution in [0.15, 0.2) is 284 Å². The van der Waals surface area contributed by atoms with Crippen molar-refractivity contribution in [1.29, 1.82) is 0 Å². The highest BCUT2D eigenvalue weighted by atomic mass is 32.2. The summed E-state index contributed by atoms with van der Waals surface area (Å²) in [4.78, 5) is 91.9. The first kappa shape index (κ1) is 63.4. The number of benzene rings is 10. The molecule has 10 aromatic carbocycles. The molecule has 14 heteroatoms. The molecule has 10 aromatic rings. The van der Waals surface area contributed by atoms with Gasteiger partial charge >= 0.3 is 23.9 Å². The number of hydrogen-bond donors (Lipinski definition) is 0. The largest absolute Gasteiger partial charge is 0.457 e.